The minimum Gasteiger partial charge on any atom is -0.383 e. The number of hydrogen-bond acceptors (Lipinski definition) is 3. The summed E-state index contributed by atoms with van der Waals surface area (Å²) in [6.45, 7) is 4.19. The maximum atomic E-state index is 6.38. The second kappa shape index (κ2) is 8.49. The number of ether oxygens (including phenoxy) is 2. The highest BCUT2D eigenvalue weighted by Crippen LogP contribution is 2.35. The molecule has 0 amide bonds. The fourth-order valence-electron chi connectivity index (χ4n) is 2.85. The first-order valence-electron chi connectivity index (χ1n) is 7.37. The first kappa shape index (κ1) is 17.2. The predicted molar refractivity (Wildman–Crippen MR) is 90.1 cm³/mol. The maximum Gasteiger partial charge on any atom is 0.0587 e. The Labute approximate surface area is 140 Å². The molecule has 1 atom stereocenters. The lowest BCUT2D eigenvalue weighted by Gasteiger charge is -2.37. The van der Waals surface area contributed by atoms with Crippen molar-refractivity contribution in [2.75, 3.05) is 40.0 Å². The third-order valence-corrected chi connectivity index (χ3v) is 4.81. The van der Waals surface area contributed by atoms with E-state index in [-0.39, 0.29) is 5.41 Å². The summed E-state index contributed by atoms with van der Waals surface area (Å²) in [6, 6.07) is 6.13. The summed E-state index contributed by atoms with van der Waals surface area (Å²) < 4.78 is 11.9. The molecule has 1 aromatic carbocycles. The maximum absolute atomic E-state index is 6.38. The SMILES string of the molecule is COCCNCC1(Cc2ccc(Br)cc2Cl)CCCOC1. The van der Waals surface area contributed by atoms with Crippen LogP contribution in [0.3, 0.4) is 0 Å². The van der Waals surface area contributed by atoms with E-state index in [4.69, 9.17) is 21.1 Å². The van der Waals surface area contributed by atoms with Crippen molar-refractivity contribution in [1.29, 1.82) is 0 Å². The number of halogens is 2. The summed E-state index contributed by atoms with van der Waals surface area (Å²) >= 11 is 9.84. The summed E-state index contributed by atoms with van der Waals surface area (Å²) in [4.78, 5) is 0. The molecule has 0 saturated carbocycles. The lowest BCUT2D eigenvalue weighted by Crippen LogP contribution is -2.43. The van der Waals surface area contributed by atoms with Gasteiger partial charge in [-0.2, -0.15) is 0 Å². The van der Waals surface area contributed by atoms with Gasteiger partial charge in [-0.3, -0.25) is 0 Å². The van der Waals surface area contributed by atoms with Crippen molar-refractivity contribution in [2.45, 2.75) is 19.3 Å². The molecule has 3 nitrogen and oxygen atoms in total. The predicted octanol–water partition coefficient (Wildman–Crippen LogP) is 3.68. The molecule has 0 aromatic heterocycles. The van der Waals surface area contributed by atoms with Crippen LogP contribution in [0, 0.1) is 5.41 Å². The fourth-order valence-corrected chi connectivity index (χ4v) is 3.59. The monoisotopic (exact) mass is 375 g/mol. The minimum absolute atomic E-state index is 0.128. The van der Waals surface area contributed by atoms with Gasteiger partial charge < -0.3 is 14.8 Å². The Kier molecular flexibility index (Phi) is 6.96. The first-order chi connectivity index (χ1) is 10.2. The van der Waals surface area contributed by atoms with Crippen LogP contribution in [0.2, 0.25) is 5.02 Å². The van der Waals surface area contributed by atoms with Crippen LogP contribution in [0.5, 0.6) is 0 Å². The quantitative estimate of drug-likeness (QED) is 0.736. The zero-order chi connectivity index (χ0) is 15.1. The molecule has 0 radical (unpaired) electrons. The fraction of sp³-hybridized carbons (Fsp3) is 0.625. The van der Waals surface area contributed by atoms with E-state index in [1.165, 1.54) is 12.0 Å². The molecule has 5 heteroatoms. The molecule has 1 aliphatic heterocycles. The molecule has 0 bridgehead atoms. The van der Waals surface area contributed by atoms with Crippen LogP contribution >= 0.6 is 27.5 Å². The van der Waals surface area contributed by atoms with Gasteiger partial charge >= 0.3 is 0 Å². The number of rotatable bonds is 7. The third kappa shape index (κ3) is 5.22. The largest absolute Gasteiger partial charge is 0.383 e. The molecule has 2 rings (SSSR count). The molecule has 1 N–H and O–H groups in total. The van der Waals surface area contributed by atoms with Crippen molar-refractivity contribution in [1.82, 2.24) is 5.32 Å². The van der Waals surface area contributed by atoms with Gasteiger partial charge in [-0.15, -0.1) is 0 Å². The van der Waals surface area contributed by atoms with Crippen LogP contribution < -0.4 is 5.32 Å². The van der Waals surface area contributed by atoms with Crippen LogP contribution in [-0.4, -0.2) is 40.0 Å². The molecule has 1 fully saturated rings. The van der Waals surface area contributed by atoms with Crippen LogP contribution in [-0.2, 0) is 15.9 Å². The average Bonchev–Trinajstić information content (AvgIpc) is 2.48. The van der Waals surface area contributed by atoms with Crippen LogP contribution in [0.4, 0.5) is 0 Å². The van der Waals surface area contributed by atoms with Crippen LogP contribution in [0.15, 0.2) is 22.7 Å². The molecular formula is C16H23BrClNO2. The van der Waals surface area contributed by atoms with Gasteiger partial charge in [0.2, 0.25) is 0 Å². The highest BCUT2D eigenvalue weighted by molar-refractivity contribution is 9.10. The number of methoxy groups -OCH3 is 1. The zero-order valence-electron chi connectivity index (χ0n) is 12.5. The van der Waals surface area contributed by atoms with Crippen molar-refractivity contribution in [2.24, 2.45) is 5.41 Å². The van der Waals surface area contributed by atoms with Gasteiger partial charge in [-0.1, -0.05) is 33.6 Å². The van der Waals surface area contributed by atoms with Gasteiger partial charge in [-0.25, -0.2) is 0 Å². The number of nitrogens with one attached hydrogen (secondary N) is 1. The molecule has 1 unspecified atom stereocenters. The highest BCUT2D eigenvalue weighted by Gasteiger charge is 2.33. The van der Waals surface area contributed by atoms with E-state index in [1.54, 1.807) is 7.11 Å². The molecule has 118 valence electrons. The van der Waals surface area contributed by atoms with Gasteiger partial charge in [0.05, 0.1) is 13.2 Å². The molecular weight excluding hydrogens is 354 g/mol. The van der Waals surface area contributed by atoms with Gasteiger partial charge in [0.1, 0.15) is 0 Å². The topological polar surface area (TPSA) is 30.5 Å². The van der Waals surface area contributed by atoms with Crippen molar-refractivity contribution in [3.8, 4) is 0 Å². The highest BCUT2D eigenvalue weighted by atomic mass is 79.9. The minimum atomic E-state index is 0.128. The summed E-state index contributed by atoms with van der Waals surface area (Å²) in [5.41, 5.74) is 1.32. The molecule has 0 aliphatic carbocycles. The Hall–Kier alpha value is -0.130. The summed E-state index contributed by atoms with van der Waals surface area (Å²) in [7, 11) is 1.72. The van der Waals surface area contributed by atoms with Gasteiger partial charge in [-0.05, 0) is 37.0 Å². The second-order valence-electron chi connectivity index (χ2n) is 5.74. The summed E-state index contributed by atoms with van der Waals surface area (Å²) in [6.07, 6.45) is 3.22. The third-order valence-electron chi connectivity index (χ3n) is 3.97. The second-order valence-corrected chi connectivity index (χ2v) is 7.06. The summed E-state index contributed by atoms with van der Waals surface area (Å²) in [5.74, 6) is 0. The summed E-state index contributed by atoms with van der Waals surface area (Å²) in [5, 5.41) is 4.32. The first-order valence-corrected chi connectivity index (χ1v) is 8.54. The molecule has 0 spiro atoms. The average molecular weight is 377 g/mol. The van der Waals surface area contributed by atoms with Crippen molar-refractivity contribution in [3.05, 3.63) is 33.3 Å². The molecule has 1 heterocycles. The van der Waals surface area contributed by atoms with Crippen molar-refractivity contribution < 1.29 is 9.47 Å². The standard InChI is InChI=1S/C16H23BrClNO2/c1-20-8-6-19-11-16(5-2-7-21-12-16)10-13-3-4-14(17)9-15(13)18/h3-4,9,19H,2,5-8,10-12H2,1H3. The Bertz CT molecular complexity index is 450. The zero-order valence-corrected chi connectivity index (χ0v) is 14.8. The van der Waals surface area contributed by atoms with Crippen LogP contribution in [0.25, 0.3) is 0 Å². The lowest BCUT2D eigenvalue weighted by atomic mass is 9.77. The van der Waals surface area contributed by atoms with Crippen molar-refractivity contribution in [3.63, 3.8) is 0 Å². The Morgan fingerprint density at radius 3 is 3.00 bits per heavy atom. The van der Waals surface area contributed by atoms with E-state index in [9.17, 15) is 0 Å². The van der Waals surface area contributed by atoms with E-state index in [0.29, 0.717) is 0 Å². The molecule has 1 aliphatic rings. The van der Waals surface area contributed by atoms with E-state index in [1.807, 2.05) is 6.07 Å². The molecule has 21 heavy (non-hydrogen) atoms. The van der Waals surface area contributed by atoms with E-state index >= 15 is 0 Å². The number of hydrogen-bond donors (Lipinski definition) is 1. The molecule has 1 aromatic rings. The van der Waals surface area contributed by atoms with Gasteiger partial charge in [0.25, 0.3) is 0 Å². The van der Waals surface area contributed by atoms with Crippen LogP contribution in [0.1, 0.15) is 18.4 Å². The van der Waals surface area contributed by atoms with Gasteiger partial charge in [0, 0.05) is 41.7 Å². The Balaban J connectivity index is 2.04. The number of benzene rings is 1. The van der Waals surface area contributed by atoms with Crippen molar-refractivity contribution >= 4 is 27.5 Å². The lowest BCUT2D eigenvalue weighted by molar-refractivity contribution is -0.00769. The smallest absolute Gasteiger partial charge is 0.0587 e. The Morgan fingerprint density at radius 1 is 1.48 bits per heavy atom. The molecule has 1 saturated heterocycles. The van der Waals surface area contributed by atoms with E-state index in [2.05, 4.69) is 33.4 Å². The van der Waals surface area contributed by atoms with Gasteiger partial charge in [0.15, 0.2) is 0 Å². The van der Waals surface area contributed by atoms with E-state index in [0.717, 1.165) is 55.2 Å². The Morgan fingerprint density at radius 2 is 2.33 bits per heavy atom. The van der Waals surface area contributed by atoms with E-state index < -0.39 is 0 Å². The normalized spacial score (nSPS) is 22.4.